The van der Waals surface area contributed by atoms with Gasteiger partial charge in [0.1, 0.15) is 19.0 Å². The summed E-state index contributed by atoms with van der Waals surface area (Å²) in [6.07, 6.45) is -0.453. The molecule has 0 saturated carbocycles. The van der Waals surface area contributed by atoms with Crippen LogP contribution in [0.5, 0.6) is 5.75 Å². The number of aromatic amines is 1. The van der Waals surface area contributed by atoms with Gasteiger partial charge in [0.05, 0.1) is 6.54 Å². The second-order valence-corrected chi connectivity index (χ2v) is 7.04. The maximum absolute atomic E-state index is 11.8. The summed E-state index contributed by atoms with van der Waals surface area (Å²) in [6.45, 7) is 3.05. The van der Waals surface area contributed by atoms with E-state index in [1.165, 1.54) is 11.1 Å². The number of nitrogens with one attached hydrogen (secondary N) is 2. The molecule has 5 heteroatoms. The first-order valence-electron chi connectivity index (χ1n) is 9.96. The summed E-state index contributed by atoms with van der Waals surface area (Å²) < 4.78 is 11.0. The molecule has 0 aliphatic rings. The molecular formula is C25H24N2O3. The van der Waals surface area contributed by atoms with E-state index in [9.17, 15) is 4.79 Å². The number of amides is 1. The van der Waals surface area contributed by atoms with E-state index in [0.717, 1.165) is 27.9 Å². The maximum Gasteiger partial charge on any atom is 0.407 e. The van der Waals surface area contributed by atoms with Gasteiger partial charge in [-0.1, -0.05) is 60.7 Å². The number of H-pyrrole nitrogens is 1. The van der Waals surface area contributed by atoms with Crippen molar-refractivity contribution in [2.24, 2.45) is 0 Å². The van der Waals surface area contributed by atoms with Gasteiger partial charge in [-0.15, -0.1) is 0 Å². The van der Waals surface area contributed by atoms with E-state index in [1.807, 2.05) is 60.7 Å². The minimum Gasteiger partial charge on any atom is -0.492 e. The molecule has 0 atom stereocenters. The largest absolute Gasteiger partial charge is 0.492 e. The number of carbonyl (C=O) groups excluding carboxylic acids is 1. The molecule has 0 fully saturated rings. The van der Waals surface area contributed by atoms with Gasteiger partial charge in [0.2, 0.25) is 0 Å². The first-order chi connectivity index (χ1) is 14.7. The lowest BCUT2D eigenvalue weighted by Gasteiger charge is -2.09. The van der Waals surface area contributed by atoms with Crippen LogP contribution in [0.4, 0.5) is 4.79 Å². The smallest absolute Gasteiger partial charge is 0.407 e. The number of rotatable bonds is 7. The van der Waals surface area contributed by atoms with E-state index >= 15 is 0 Å². The highest BCUT2D eigenvalue weighted by atomic mass is 16.5. The summed E-state index contributed by atoms with van der Waals surface area (Å²) in [5.74, 6) is 0.753. The summed E-state index contributed by atoms with van der Waals surface area (Å²) in [5, 5.41) is 3.86. The summed E-state index contributed by atoms with van der Waals surface area (Å²) in [7, 11) is 0. The van der Waals surface area contributed by atoms with Crippen LogP contribution in [-0.2, 0) is 11.3 Å². The number of alkyl carbamates (subject to hydrolysis) is 1. The second-order valence-electron chi connectivity index (χ2n) is 7.04. The maximum atomic E-state index is 11.8. The van der Waals surface area contributed by atoms with Crippen molar-refractivity contribution in [1.29, 1.82) is 0 Å². The van der Waals surface area contributed by atoms with Crippen molar-refractivity contribution in [2.75, 3.05) is 13.2 Å². The molecule has 4 aromatic rings. The zero-order chi connectivity index (χ0) is 20.8. The van der Waals surface area contributed by atoms with E-state index in [-0.39, 0.29) is 6.61 Å². The first kappa shape index (κ1) is 19.6. The normalized spacial score (nSPS) is 10.7. The molecule has 1 heterocycles. The number of carbonyl (C=O) groups is 1. The molecule has 30 heavy (non-hydrogen) atoms. The van der Waals surface area contributed by atoms with Gasteiger partial charge in [-0.2, -0.15) is 0 Å². The zero-order valence-corrected chi connectivity index (χ0v) is 16.9. The lowest BCUT2D eigenvalue weighted by molar-refractivity contribution is 0.137. The molecule has 0 saturated heterocycles. The summed E-state index contributed by atoms with van der Waals surface area (Å²) in [5.41, 5.74) is 5.50. The SMILES string of the molecule is Cc1[nH]c2cc(OCCNC(=O)OCc3ccccc3)ccc2c1-c1ccccc1. The van der Waals surface area contributed by atoms with Gasteiger partial charge in [0.25, 0.3) is 0 Å². The Morgan fingerprint density at radius 2 is 1.70 bits per heavy atom. The van der Waals surface area contributed by atoms with Crippen LogP contribution in [0.25, 0.3) is 22.0 Å². The Labute approximate surface area is 175 Å². The van der Waals surface area contributed by atoms with Gasteiger partial charge in [0.15, 0.2) is 0 Å². The van der Waals surface area contributed by atoms with E-state index in [4.69, 9.17) is 9.47 Å². The van der Waals surface area contributed by atoms with Gasteiger partial charge in [-0.05, 0) is 30.2 Å². The van der Waals surface area contributed by atoms with Crippen molar-refractivity contribution in [1.82, 2.24) is 10.3 Å². The molecule has 0 bridgehead atoms. The Bertz CT molecular complexity index is 1120. The predicted molar refractivity (Wildman–Crippen MR) is 119 cm³/mol. The predicted octanol–water partition coefficient (Wildman–Crippen LogP) is 5.45. The fourth-order valence-corrected chi connectivity index (χ4v) is 3.47. The molecule has 2 N–H and O–H groups in total. The van der Waals surface area contributed by atoms with Crippen molar-refractivity contribution < 1.29 is 14.3 Å². The van der Waals surface area contributed by atoms with Crippen LogP contribution in [0, 0.1) is 6.92 Å². The number of hydrogen-bond acceptors (Lipinski definition) is 3. The third-order valence-corrected chi connectivity index (χ3v) is 4.87. The van der Waals surface area contributed by atoms with E-state index in [1.54, 1.807) is 0 Å². The third kappa shape index (κ3) is 4.63. The molecule has 0 aliphatic heterocycles. The highest BCUT2D eigenvalue weighted by molar-refractivity contribution is 5.98. The number of fused-ring (bicyclic) bond motifs is 1. The molecule has 0 spiro atoms. The Kier molecular flexibility index (Phi) is 5.99. The quantitative estimate of drug-likeness (QED) is 0.406. The van der Waals surface area contributed by atoms with Gasteiger partial charge in [-0.25, -0.2) is 4.79 Å². The van der Waals surface area contributed by atoms with Gasteiger partial charge < -0.3 is 19.8 Å². The molecule has 5 nitrogen and oxygen atoms in total. The minimum atomic E-state index is -0.453. The Balaban J connectivity index is 1.30. The lowest BCUT2D eigenvalue weighted by atomic mass is 10.0. The van der Waals surface area contributed by atoms with E-state index < -0.39 is 6.09 Å². The highest BCUT2D eigenvalue weighted by Crippen LogP contribution is 2.33. The summed E-state index contributed by atoms with van der Waals surface area (Å²) >= 11 is 0. The second kappa shape index (κ2) is 9.18. The highest BCUT2D eigenvalue weighted by Gasteiger charge is 2.11. The van der Waals surface area contributed by atoms with Gasteiger partial charge in [-0.3, -0.25) is 0 Å². The average Bonchev–Trinajstić information content (AvgIpc) is 3.11. The molecule has 0 aliphatic carbocycles. The van der Waals surface area contributed by atoms with Crippen LogP contribution in [0.2, 0.25) is 0 Å². The van der Waals surface area contributed by atoms with Crippen molar-refractivity contribution in [3.05, 3.63) is 90.1 Å². The number of benzene rings is 3. The van der Waals surface area contributed by atoms with Crippen molar-refractivity contribution >= 4 is 17.0 Å². The lowest BCUT2D eigenvalue weighted by Crippen LogP contribution is -2.28. The number of aryl methyl sites for hydroxylation is 1. The molecule has 3 aromatic carbocycles. The van der Waals surface area contributed by atoms with Crippen LogP contribution in [-0.4, -0.2) is 24.2 Å². The Hall–Kier alpha value is -3.73. The Morgan fingerprint density at radius 1 is 0.967 bits per heavy atom. The fraction of sp³-hybridized carbons (Fsp3) is 0.160. The van der Waals surface area contributed by atoms with Crippen molar-refractivity contribution in [3.8, 4) is 16.9 Å². The first-order valence-corrected chi connectivity index (χ1v) is 9.96. The van der Waals surface area contributed by atoms with Crippen LogP contribution >= 0.6 is 0 Å². The molecule has 1 amide bonds. The monoisotopic (exact) mass is 400 g/mol. The molecule has 4 rings (SSSR count). The van der Waals surface area contributed by atoms with E-state index in [0.29, 0.717) is 13.2 Å². The van der Waals surface area contributed by atoms with Gasteiger partial charge >= 0.3 is 6.09 Å². The number of aromatic nitrogens is 1. The van der Waals surface area contributed by atoms with Crippen LogP contribution in [0.3, 0.4) is 0 Å². The topological polar surface area (TPSA) is 63.3 Å². The standard InChI is InChI=1S/C25H24N2O3/c1-18-24(20-10-6-3-7-11-20)22-13-12-21(16-23(22)27-18)29-15-14-26-25(28)30-17-19-8-4-2-5-9-19/h2-13,16,27H,14-15,17H2,1H3,(H,26,28). The molecule has 0 radical (unpaired) electrons. The summed E-state index contributed by atoms with van der Waals surface area (Å²) in [4.78, 5) is 15.2. The Morgan fingerprint density at radius 3 is 2.47 bits per heavy atom. The van der Waals surface area contributed by atoms with Crippen LogP contribution < -0.4 is 10.1 Å². The fourth-order valence-electron chi connectivity index (χ4n) is 3.47. The minimum absolute atomic E-state index is 0.250. The zero-order valence-electron chi connectivity index (χ0n) is 16.9. The van der Waals surface area contributed by atoms with Crippen molar-refractivity contribution in [2.45, 2.75) is 13.5 Å². The molecule has 1 aromatic heterocycles. The molecular weight excluding hydrogens is 376 g/mol. The average molecular weight is 400 g/mol. The van der Waals surface area contributed by atoms with Crippen LogP contribution in [0.1, 0.15) is 11.3 Å². The number of hydrogen-bond donors (Lipinski definition) is 2. The van der Waals surface area contributed by atoms with Crippen molar-refractivity contribution in [3.63, 3.8) is 0 Å². The number of ether oxygens (including phenoxy) is 2. The van der Waals surface area contributed by atoms with Crippen LogP contribution in [0.15, 0.2) is 78.9 Å². The molecule has 152 valence electrons. The third-order valence-electron chi connectivity index (χ3n) is 4.87. The summed E-state index contributed by atoms with van der Waals surface area (Å²) in [6, 6.07) is 25.9. The van der Waals surface area contributed by atoms with E-state index in [2.05, 4.69) is 35.4 Å². The molecule has 0 unspecified atom stereocenters. The van der Waals surface area contributed by atoms with Gasteiger partial charge in [0, 0.05) is 28.2 Å².